The Bertz CT molecular complexity index is 410. The van der Waals surface area contributed by atoms with Gasteiger partial charge in [0.2, 0.25) is 0 Å². The van der Waals surface area contributed by atoms with E-state index in [4.69, 9.17) is 9.47 Å². The van der Waals surface area contributed by atoms with Crippen molar-refractivity contribution in [1.29, 1.82) is 0 Å². The lowest BCUT2D eigenvalue weighted by Gasteiger charge is -2.17. The van der Waals surface area contributed by atoms with Crippen LogP contribution in [0.25, 0.3) is 0 Å². The maximum Gasteiger partial charge on any atom is 0.338 e. The van der Waals surface area contributed by atoms with Gasteiger partial charge in [-0.3, -0.25) is 0 Å². The number of aryl methyl sites for hydroxylation is 2. The molecule has 0 aromatic heterocycles. The van der Waals surface area contributed by atoms with Crippen molar-refractivity contribution >= 4 is 5.97 Å². The summed E-state index contributed by atoms with van der Waals surface area (Å²) in [6.45, 7) is 11.6. The zero-order valence-corrected chi connectivity index (χ0v) is 12.6. The van der Waals surface area contributed by atoms with Gasteiger partial charge in [-0.15, -0.1) is 0 Å². The van der Waals surface area contributed by atoms with E-state index in [-0.39, 0.29) is 11.4 Å². The van der Waals surface area contributed by atoms with Crippen LogP contribution in [0.1, 0.15) is 42.3 Å². The number of carbonyl (C=O) groups is 1. The lowest BCUT2D eigenvalue weighted by atomic mass is 9.99. The van der Waals surface area contributed by atoms with E-state index in [0.717, 1.165) is 11.1 Å². The normalized spacial score (nSPS) is 11.4. The SMILES string of the molecule is Cc1cc(C)cc(C(=O)OCCOCC(C)(C)C)c1. The van der Waals surface area contributed by atoms with Crippen molar-refractivity contribution in [3.63, 3.8) is 0 Å². The van der Waals surface area contributed by atoms with Crippen LogP contribution in [0.4, 0.5) is 0 Å². The Labute approximate surface area is 115 Å². The monoisotopic (exact) mass is 264 g/mol. The summed E-state index contributed by atoms with van der Waals surface area (Å²) in [5.74, 6) is -0.286. The van der Waals surface area contributed by atoms with Gasteiger partial charge in [-0.2, -0.15) is 0 Å². The minimum absolute atomic E-state index is 0.137. The molecule has 0 unspecified atom stereocenters. The van der Waals surface area contributed by atoms with E-state index in [1.807, 2.05) is 32.0 Å². The first-order valence-electron chi connectivity index (χ1n) is 6.61. The smallest absolute Gasteiger partial charge is 0.338 e. The van der Waals surface area contributed by atoms with Crippen LogP contribution in [0.3, 0.4) is 0 Å². The van der Waals surface area contributed by atoms with E-state index in [1.165, 1.54) is 0 Å². The second kappa shape index (κ2) is 6.71. The molecule has 1 rings (SSSR count). The summed E-state index contributed by atoms with van der Waals surface area (Å²) in [7, 11) is 0. The van der Waals surface area contributed by atoms with Crippen molar-refractivity contribution in [3.05, 3.63) is 34.9 Å². The molecule has 0 N–H and O–H groups in total. The molecule has 0 saturated heterocycles. The van der Waals surface area contributed by atoms with Crippen LogP contribution in [-0.2, 0) is 9.47 Å². The fourth-order valence-electron chi connectivity index (χ4n) is 1.75. The van der Waals surface area contributed by atoms with E-state index >= 15 is 0 Å². The molecule has 0 fully saturated rings. The second-order valence-corrected chi connectivity index (χ2v) is 6.13. The quantitative estimate of drug-likeness (QED) is 0.603. The molecule has 0 heterocycles. The molecule has 1 aromatic rings. The molecule has 0 atom stereocenters. The highest BCUT2D eigenvalue weighted by molar-refractivity contribution is 5.89. The van der Waals surface area contributed by atoms with E-state index in [9.17, 15) is 4.79 Å². The summed E-state index contributed by atoms with van der Waals surface area (Å²) in [5.41, 5.74) is 2.87. The molecule has 0 aliphatic carbocycles. The first-order chi connectivity index (χ1) is 8.78. The molecule has 0 spiro atoms. The van der Waals surface area contributed by atoms with Crippen molar-refractivity contribution in [2.45, 2.75) is 34.6 Å². The maximum absolute atomic E-state index is 11.8. The van der Waals surface area contributed by atoms with Crippen molar-refractivity contribution in [3.8, 4) is 0 Å². The summed E-state index contributed by atoms with van der Waals surface area (Å²) in [6, 6.07) is 5.71. The van der Waals surface area contributed by atoms with Gasteiger partial charge in [-0.1, -0.05) is 38.0 Å². The molecular weight excluding hydrogens is 240 g/mol. The summed E-state index contributed by atoms with van der Waals surface area (Å²) < 4.78 is 10.6. The number of hydrogen-bond donors (Lipinski definition) is 0. The Balaban J connectivity index is 2.35. The average Bonchev–Trinajstić information content (AvgIpc) is 2.25. The second-order valence-electron chi connectivity index (χ2n) is 6.13. The van der Waals surface area contributed by atoms with Gasteiger partial charge in [0, 0.05) is 0 Å². The number of esters is 1. The number of ether oxygens (including phenoxy) is 2. The summed E-state index contributed by atoms with van der Waals surface area (Å²) in [4.78, 5) is 11.8. The van der Waals surface area contributed by atoms with Gasteiger partial charge in [0.1, 0.15) is 6.61 Å². The fourth-order valence-corrected chi connectivity index (χ4v) is 1.75. The third-order valence-electron chi connectivity index (χ3n) is 2.45. The fraction of sp³-hybridized carbons (Fsp3) is 0.562. The molecule has 19 heavy (non-hydrogen) atoms. The highest BCUT2D eigenvalue weighted by atomic mass is 16.6. The molecule has 3 heteroatoms. The molecular formula is C16H24O3. The zero-order valence-electron chi connectivity index (χ0n) is 12.6. The van der Waals surface area contributed by atoms with E-state index in [1.54, 1.807) is 0 Å². The maximum atomic E-state index is 11.8. The van der Waals surface area contributed by atoms with Crippen molar-refractivity contribution in [1.82, 2.24) is 0 Å². The van der Waals surface area contributed by atoms with Gasteiger partial charge in [-0.05, 0) is 31.4 Å². The van der Waals surface area contributed by atoms with E-state index < -0.39 is 0 Å². The molecule has 3 nitrogen and oxygen atoms in total. The molecule has 0 aliphatic heterocycles. The van der Waals surface area contributed by atoms with Crippen LogP contribution < -0.4 is 0 Å². The lowest BCUT2D eigenvalue weighted by molar-refractivity contribution is 0.0179. The van der Waals surface area contributed by atoms with E-state index in [2.05, 4.69) is 20.8 Å². The topological polar surface area (TPSA) is 35.5 Å². The molecule has 0 saturated carbocycles. The van der Waals surface area contributed by atoms with Gasteiger partial charge in [0.15, 0.2) is 0 Å². The standard InChI is InChI=1S/C16H24O3/c1-12-8-13(2)10-14(9-12)15(17)19-7-6-18-11-16(3,4)5/h8-10H,6-7,11H2,1-5H3. The predicted octanol–water partition coefficient (Wildman–Crippen LogP) is 3.52. The highest BCUT2D eigenvalue weighted by Crippen LogP contribution is 2.13. The third-order valence-corrected chi connectivity index (χ3v) is 2.45. The van der Waals surface area contributed by atoms with E-state index in [0.29, 0.717) is 25.4 Å². The minimum atomic E-state index is -0.286. The Morgan fingerprint density at radius 1 is 1.05 bits per heavy atom. The van der Waals surface area contributed by atoms with Crippen LogP contribution in [0.2, 0.25) is 0 Å². The summed E-state index contributed by atoms with van der Waals surface area (Å²) in [5, 5.41) is 0. The van der Waals surface area contributed by atoms with Crippen LogP contribution in [-0.4, -0.2) is 25.8 Å². The van der Waals surface area contributed by atoms with Crippen LogP contribution >= 0.6 is 0 Å². The van der Waals surface area contributed by atoms with Gasteiger partial charge in [-0.25, -0.2) is 4.79 Å². The molecule has 0 bridgehead atoms. The Hall–Kier alpha value is -1.35. The van der Waals surface area contributed by atoms with Gasteiger partial charge in [0.25, 0.3) is 0 Å². The molecule has 0 radical (unpaired) electrons. The first-order valence-corrected chi connectivity index (χ1v) is 6.61. The molecule has 106 valence electrons. The van der Waals surface area contributed by atoms with Crippen molar-refractivity contribution < 1.29 is 14.3 Å². The Morgan fingerprint density at radius 2 is 1.63 bits per heavy atom. The van der Waals surface area contributed by atoms with Gasteiger partial charge >= 0.3 is 5.97 Å². The highest BCUT2D eigenvalue weighted by Gasteiger charge is 2.11. The van der Waals surface area contributed by atoms with Crippen molar-refractivity contribution in [2.75, 3.05) is 19.8 Å². The lowest BCUT2D eigenvalue weighted by Crippen LogP contribution is -2.18. The third kappa shape index (κ3) is 6.39. The average molecular weight is 264 g/mol. The van der Waals surface area contributed by atoms with Crippen LogP contribution in [0, 0.1) is 19.3 Å². The number of benzene rings is 1. The number of carbonyl (C=O) groups excluding carboxylic acids is 1. The van der Waals surface area contributed by atoms with Gasteiger partial charge < -0.3 is 9.47 Å². The zero-order chi connectivity index (χ0) is 14.5. The Morgan fingerprint density at radius 3 is 2.16 bits per heavy atom. The molecule has 1 aromatic carbocycles. The Kier molecular flexibility index (Phi) is 5.55. The predicted molar refractivity (Wildman–Crippen MR) is 76.5 cm³/mol. The number of hydrogen-bond acceptors (Lipinski definition) is 3. The minimum Gasteiger partial charge on any atom is -0.460 e. The van der Waals surface area contributed by atoms with Crippen LogP contribution in [0.15, 0.2) is 18.2 Å². The number of rotatable bonds is 5. The van der Waals surface area contributed by atoms with Gasteiger partial charge in [0.05, 0.1) is 18.8 Å². The largest absolute Gasteiger partial charge is 0.460 e. The summed E-state index contributed by atoms with van der Waals surface area (Å²) in [6.07, 6.45) is 0. The summed E-state index contributed by atoms with van der Waals surface area (Å²) >= 11 is 0. The first kappa shape index (κ1) is 15.7. The van der Waals surface area contributed by atoms with Crippen LogP contribution in [0.5, 0.6) is 0 Å². The molecule has 0 aliphatic rings. The molecule has 0 amide bonds. The van der Waals surface area contributed by atoms with Crippen molar-refractivity contribution in [2.24, 2.45) is 5.41 Å².